The summed E-state index contributed by atoms with van der Waals surface area (Å²) in [4.78, 5) is 53.2. The van der Waals surface area contributed by atoms with E-state index in [0.29, 0.717) is 16.7 Å². The molecule has 3 amide bonds. The van der Waals surface area contributed by atoms with E-state index in [9.17, 15) is 33.8 Å². The van der Waals surface area contributed by atoms with E-state index < -0.39 is 52.2 Å². The lowest BCUT2D eigenvalue weighted by Gasteiger charge is -2.30. The molecule has 2 aromatic carbocycles. The van der Waals surface area contributed by atoms with E-state index in [0.717, 1.165) is 11.0 Å². The second-order valence-electron chi connectivity index (χ2n) is 7.41. The molecule has 9 nitrogen and oxygen atoms in total. The van der Waals surface area contributed by atoms with E-state index >= 15 is 0 Å². The van der Waals surface area contributed by atoms with Crippen molar-refractivity contribution in [1.29, 1.82) is 0 Å². The van der Waals surface area contributed by atoms with E-state index in [1.54, 1.807) is 24.3 Å². The van der Waals surface area contributed by atoms with Crippen molar-refractivity contribution >= 4 is 17.7 Å². The molecule has 0 aliphatic carbocycles. The van der Waals surface area contributed by atoms with Crippen molar-refractivity contribution < 1.29 is 29.0 Å². The average Bonchev–Trinajstić information content (AvgIpc) is 2.82. The minimum absolute atomic E-state index is 0.0256. The number of H-pyrrole nitrogens is 1. The number of aliphatic hydroxyl groups excluding tert-OH is 1. The number of amides is 3. The molecule has 4 rings (SSSR count). The second-order valence-corrected chi connectivity index (χ2v) is 7.41. The number of benzene rings is 2. The Balaban J connectivity index is 1.59. The van der Waals surface area contributed by atoms with Crippen LogP contribution in [-0.2, 0) is 17.9 Å². The Bertz CT molecular complexity index is 1320. The van der Waals surface area contributed by atoms with Crippen molar-refractivity contribution in [2.75, 3.05) is 0 Å². The monoisotopic (exact) mass is 451 g/mol. The van der Waals surface area contributed by atoms with Gasteiger partial charge in [-0.2, -0.15) is 0 Å². The predicted octanol–water partition coefficient (Wildman–Crippen LogP) is 1.37. The van der Waals surface area contributed by atoms with Crippen LogP contribution in [0.25, 0.3) is 0 Å². The summed E-state index contributed by atoms with van der Waals surface area (Å²) in [5, 5.41) is 22.8. The number of aliphatic hydroxyl groups is 1. The minimum atomic E-state index is -1.55. The number of carbonyl (C=O) groups excluding carboxylic acids is 3. The first-order chi connectivity index (χ1) is 15.8. The van der Waals surface area contributed by atoms with Gasteiger partial charge in [0, 0.05) is 6.54 Å². The molecule has 1 aliphatic heterocycles. The van der Waals surface area contributed by atoms with Gasteiger partial charge in [-0.05, 0) is 34.9 Å². The number of pyridine rings is 1. The number of aromatic nitrogens is 1. The molecule has 10 heteroatoms. The molecule has 4 N–H and O–H groups in total. The first-order valence-corrected chi connectivity index (χ1v) is 9.86. The summed E-state index contributed by atoms with van der Waals surface area (Å²) in [6.07, 6.45) is -1.55. The molecule has 1 aliphatic rings. The number of aromatic hydroxyl groups is 1. The van der Waals surface area contributed by atoms with Crippen LogP contribution in [0.1, 0.15) is 43.6 Å². The maximum Gasteiger partial charge on any atom is 0.291 e. The Morgan fingerprint density at radius 2 is 1.82 bits per heavy atom. The first-order valence-electron chi connectivity index (χ1n) is 9.86. The number of halogens is 1. The molecule has 168 valence electrons. The molecular formula is C23H18FN3O6. The van der Waals surface area contributed by atoms with Crippen molar-refractivity contribution in [1.82, 2.24) is 15.2 Å². The molecule has 2 heterocycles. The van der Waals surface area contributed by atoms with Gasteiger partial charge in [0.15, 0.2) is 11.9 Å². The quantitative estimate of drug-likeness (QED) is 0.442. The topological polar surface area (TPSA) is 140 Å². The van der Waals surface area contributed by atoms with Gasteiger partial charge in [-0.3, -0.25) is 24.1 Å². The Hall–Kier alpha value is -4.31. The number of rotatable bonds is 4. The van der Waals surface area contributed by atoms with E-state index in [2.05, 4.69) is 10.3 Å². The van der Waals surface area contributed by atoms with Gasteiger partial charge in [-0.1, -0.05) is 36.4 Å². The van der Waals surface area contributed by atoms with Gasteiger partial charge >= 0.3 is 0 Å². The Morgan fingerprint density at radius 3 is 2.55 bits per heavy atom. The molecule has 0 saturated heterocycles. The van der Waals surface area contributed by atoms with E-state index in [4.69, 9.17) is 0 Å². The predicted molar refractivity (Wildman–Crippen MR) is 113 cm³/mol. The Kier molecular flexibility index (Phi) is 5.76. The summed E-state index contributed by atoms with van der Waals surface area (Å²) < 4.78 is 13.0. The van der Waals surface area contributed by atoms with Gasteiger partial charge in [-0.15, -0.1) is 0 Å². The summed E-state index contributed by atoms with van der Waals surface area (Å²) in [5.74, 6) is -4.03. The van der Waals surface area contributed by atoms with Gasteiger partial charge in [0.05, 0.1) is 12.1 Å². The van der Waals surface area contributed by atoms with E-state index in [-0.39, 0.29) is 13.1 Å². The van der Waals surface area contributed by atoms with Crippen molar-refractivity contribution in [3.63, 3.8) is 0 Å². The third-order valence-corrected chi connectivity index (χ3v) is 5.27. The highest BCUT2D eigenvalue weighted by Gasteiger charge is 2.36. The maximum atomic E-state index is 13.0. The number of nitrogens with one attached hydrogen (secondary N) is 2. The molecule has 33 heavy (non-hydrogen) atoms. The number of hydrogen-bond donors (Lipinski definition) is 4. The summed E-state index contributed by atoms with van der Waals surface area (Å²) in [5.41, 5.74) is -0.489. The van der Waals surface area contributed by atoms with Crippen molar-refractivity contribution in [2.24, 2.45) is 0 Å². The van der Waals surface area contributed by atoms with Crippen LogP contribution in [0.3, 0.4) is 0 Å². The summed E-state index contributed by atoms with van der Waals surface area (Å²) in [6.45, 7) is -0.165. The lowest BCUT2D eigenvalue weighted by Crippen LogP contribution is -2.44. The van der Waals surface area contributed by atoms with Crippen LogP contribution in [0.4, 0.5) is 4.39 Å². The fourth-order valence-electron chi connectivity index (χ4n) is 3.51. The largest absolute Gasteiger partial charge is 0.502 e. The highest BCUT2D eigenvalue weighted by molar-refractivity contribution is 6.07. The van der Waals surface area contributed by atoms with Gasteiger partial charge in [0.2, 0.25) is 0 Å². The molecule has 0 fully saturated rings. The van der Waals surface area contributed by atoms with E-state index in [1.165, 1.54) is 24.3 Å². The third kappa shape index (κ3) is 4.23. The zero-order valence-electron chi connectivity index (χ0n) is 17.0. The first kappa shape index (κ1) is 21.9. The number of fused-ring (bicyclic) bond motifs is 1. The molecular weight excluding hydrogens is 433 g/mol. The zero-order chi connectivity index (χ0) is 23.7. The SMILES string of the molecule is O=C(NCc1ccc(F)cc1)c1cc(C(=O)N2Cc3ccccc3C(O)C2=O)[nH]c(=O)c1O. The molecule has 1 atom stereocenters. The standard InChI is InChI=1S/C23H18FN3O6/c24-14-7-5-12(6-8-14)10-25-20(30)16-9-17(26-21(31)18(16)28)22(32)27-11-13-3-1-2-4-15(13)19(29)23(27)33/h1-9,19,28-29H,10-11H2,(H,25,30)(H,26,31). The second kappa shape index (κ2) is 8.67. The molecule has 0 saturated carbocycles. The normalized spacial score (nSPS) is 15.2. The highest BCUT2D eigenvalue weighted by Crippen LogP contribution is 2.28. The van der Waals surface area contributed by atoms with E-state index in [1.807, 2.05) is 0 Å². The Morgan fingerprint density at radius 1 is 1.12 bits per heavy atom. The molecule has 0 radical (unpaired) electrons. The van der Waals surface area contributed by atoms with Crippen LogP contribution in [0.5, 0.6) is 5.75 Å². The summed E-state index contributed by atoms with van der Waals surface area (Å²) in [6, 6.07) is 12.9. The van der Waals surface area contributed by atoms with Gasteiger partial charge in [0.25, 0.3) is 23.3 Å². The zero-order valence-corrected chi connectivity index (χ0v) is 17.0. The molecule has 1 aromatic heterocycles. The molecule has 0 spiro atoms. The molecule has 1 unspecified atom stereocenters. The van der Waals surface area contributed by atoms with Gasteiger partial charge in [0.1, 0.15) is 11.5 Å². The van der Waals surface area contributed by atoms with Crippen LogP contribution in [-0.4, -0.2) is 37.8 Å². The smallest absolute Gasteiger partial charge is 0.291 e. The van der Waals surface area contributed by atoms with Crippen LogP contribution in [0, 0.1) is 5.82 Å². The van der Waals surface area contributed by atoms with Gasteiger partial charge < -0.3 is 20.5 Å². The van der Waals surface area contributed by atoms with Crippen LogP contribution < -0.4 is 10.9 Å². The average molecular weight is 451 g/mol. The number of hydrogen-bond acceptors (Lipinski definition) is 6. The maximum absolute atomic E-state index is 13.0. The van der Waals surface area contributed by atoms with Crippen LogP contribution >= 0.6 is 0 Å². The molecule has 3 aromatic rings. The van der Waals surface area contributed by atoms with Crippen molar-refractivity contribution in [2.45, 2.75) is 19.2 Å². The summed E-state index contributed by atoms with van der Waals surface area (Å²) in [7, 11) is 0. The number of carbonyl (C=O) groups is 3. The number of nitrogens with zero attached hydrogens (tertiary/aromatic N) is 1. The molecule has 0 bridgehead atoms. The number of aromatic amines is 1. The minimum Gasteiger partial charge on any atom is -0.502 e. The number of imide groups is 1. The van der Waals surface area contributed by atoms with Crippen molar-refractivity contribution in [3.8, 4) is 5.75 Å². The van der Waals surface area contributed by atoms with Crippen LogP contribution in [0.2, 0.25) is 0 Å². The third-order valence-electron chi connectivity index (χ3n) is 5.27. The highest BCUT2D eigenvalue weighted by atomic mass is 19.1. The van der Waals surface area contributed by atoms with Crippen LogP contribution in [0.15, 0.2) is 59.4 Å². The fraction of sp³-hybridized carbons (Fsp3) is 0.130. The lowest BCUT2D eigenvalue weighted by atomic mass is 9.96. The fourth-order valence-corrected chi connectivity index (χ4v) is 3.51. The van der Waals surface area contributed by atoms with Crippen molar-refractivity contribution in [3.05, 3.63) is 98.7 Å². The Labute approximate surface area is 186 Å². The summed E-state index contributed by atoms with van der Waals surface area (Å²) >= 11 is 0. The van der Waals surface area contributed by atoms with Gasteiger partial charge in [-0.25, -0.2) is 4.39 Å². The lowest BCUT2D eigenvalue weighted by molar-refractivity contribution is -0.139.